The van der Waals surface area contributed by atoms with Gasteiger partial charge >= 0.3 is 30.2 Å². The maximum atomic E-state index is 3.06. The SMILES string of the molecule is Cc1cc2c(-c3ccccc3)cccc2[cH-]1.[CH3-].[CH3-].[Si]=[Zr].c1ccc2c(c1)[cH-]c1ccccc12. The Hall–Kier alpha value is -2.54. The third-order valence-corrected chi connectivity index (χ3v) is 5.50. The fourth-order valence-electron chi connectivity index (χ4n) is 4.16. The van der Waals surface area contributed by atoms with Gasteiger partial charge in [0.25, 0.3) is 0 Å². The first kappa shape index (κ1) is 26.7. The van der Waals surface area contributed by atoms with E-state index in [0.717, 1.165) is 0 Å². The van der Waals surface area contributed by atoms with Crippen LogP contribution in [-0.4, -0.2) is 6.88 Å². The van der Waals surface area contributed by atoms with Crippen LogP contribution < -0.4 is 0 Å². The second-order valence-corrected chi connectivity index (χ2v) is 7.53. The summed E-state index contributed by atoms with van der Waals surface area (Å²) in [5.41, 5.74) is 3.95. The molecule has 0 heterocycles. The molecule has 0 amide bonds. The van der Waals surface area contributed by atoms with Crippen LogP contribution in [0.1, 0.15) is 5.56 Å². The normalized spacial score (nSPS) is 9.70. The Morgan fingerprint density at radius 3 is 1.64 bits per heavy atom. The molecule has 0 fully saturated rings. The molecule has 0 N–H and O–H groups in total. The number of hydrogen-bond acceptors (Lipinski definition) is 0. The molecule has 0 saturated heterocycles. The zero-order valence-corrected chi connectivity index (χ0v) is 22.9. The van der Waals surface area contributed by atoms with Crippen molar-refractivity contribution in [2.75, 3.05) is 0 Å². The van der Waals surface area contributed by atoms with Gasteiger partial charge in [-0.2, -0.15) is 6.07 Å². The van der Waals surface area contributed by atoms with Gasteiger partial charge in [0.2, 0.25) is 0 Å². The molecule has 0 saturated carbocycles. The van der Waals surface area contributed by atoms with Crippen molar-refractivity contribution in [2.45, 2.75) is 6.92 Å². The standard InChI is InChI=1S/C16H13.C13H9.2CH3.Si.Zr/c1-12-10-14-8-5-9-15(16(14)11-12)13-6-3-2-4-7-13;1-3-7-12-10(5-1)9-11-6-2-4-8-13(11)12;;;;/h2-11H,1H3;1-9H;2*1H3;;/q4*-1;;. The molecule has 0 aromatic heterocycles. The van der Waals surface area contributed by atoms with E-state index >= 15 is 0 Å². The zero-order valence-electron chi connectivity index (χ0n) is 19.5. The predicted octanol–water partition coefficient (Wildman–Crippen LogP) is 8.76. The van der Waals surface area contributed by atoms with Gasteiger partial charge in [-0.3, -0.25) is 0 Å². The Balaban J connectivity index is 0.000000209. The van der Waals surface area contributed by atoms with Crippen molar-refractivity contribution in [1.29, 1.82) is 0 Å². The number of fused-ring (bicyclic) bond motifs is 4. The molecule has 6 aromatic rings. The third kappa shape index (κ3) is 5.88. The Bertz CT molecular complexity index is 1370. The van der Waals surface area contributed by atoms with E-state index < -0.39 is 0 Å². The van der Waals surface area contributed by atoms with Gasteiger partial charge in [-0.25, -0.2) is 0 Å². The number of benzene rings is 4. The van der Waals surface area contributed by atoms with Gasteiger partial charge in [-0.1, -0.05) is 85.3 Å². The Kier molecular flexibility index (Phi) is 10.2. The number of hydrogen-bond donors (Lipinski definition) is 0. The molecule has 0 aliphatic carbocycles. The van der Waals surface area contributed by atoms with Crippen LogP contribution in [0.5, 0.6) is 0 Å². The molecule has 2 heteroatoms. The number of aryl methyl sites for hydroxylation is 1. The van der Waals surface area contributed by atoms with Crippen molar-refractivity contribution < 1.29 is 23.3 Å². The van der Waals surface area contributed by atoms with Crippen molar-refractivity contribution in [3.05, 3.63) is 136 Å². The molecule has 0 nitrogen and oxygen atoms in total. The second-order valence-electron chi connectivity index (χ2n) is 7.53. The van der Waals surface area contributed by atoms with E-state index in [1.54, 1.807) is 0 Å². The summed E-state index contributed by atoms with van der Waals surface area (Å²) in [6, 6.07) is 40.8. The molecule has 6 rings (SSSR count). The first-order valence-electron chi connectivity index (χ1n) is 10.3. The average Bonchev–Trinajstić information content (AvgIpc) is 3.41. The van der Waals surface area contributed by atoms with Gasteiger partial charge in [0.05, 0.1) is 0 Å². The van der Waals surface area contributed by atoms with Gasteiger partial charge in [0, 0.05) is 0 Å². The Labute approximate surface area is 215 Å². The van der Waals surface area contributed by atoms with Gasteiger partial charge < -0.3 is 14.9 Å². The van der Waals surface area contributed by atoms with Gasteiger partial charge in [0.1, 0.15) is 0 Å². The predicted molar refractivity (Wildman–Crippen MR) is 145 cm³/mol. The quantitative estimate of drug-likeness (QED) is 0.150. The minimum atomic E-state index is 0. The van der Waals surface area contributed by atoms with Crippen LogP contribution in [0.4, 0.5) is 0 Å². The van der Waals surface area contributed by atoms with Crippen molar-refractivity contribution in [3.63, 3.8) is 0 Å². The first-order chi connectivity index (χ1) is 15.3. The summed E-state index contributed by atoms with van der Waals surface area (Å²) >= 11 is 1.36. The van der Waals surface area contributed by atoms with Crippen LogP contribution in [0, 0.1) is 21.8 Å². The van der Waals surface area contributed by atoms with Crippen LogP contribution in [0.15, 0.2) is 115 Å². The Morgan fingerprint density at radius 2 is 1.03 bits per heavy atom. The minimum Gasteiger partial charge on any atom is -0.126 e. The van der Waals surface area contributed by atoms with Crippen molar-refractivity contribution in [3.8, 4) is 11.1 Å². The molecule has 0 unspecified atom stereocenters. The van der Waals surface area contributed by atoms with E-state index in [1.807, 2.05) is 0 Å². The molecular weight excluding hydrogens is 492 g/mol. The second kappa shape index (κ2) is 12.6. The summed E-state index contributed by atoms with van der Waals surface area (Å²) in [5.74, 6) is 0. The van der Waals surface area contributed by atoms with Crippen molar-refractivity contribution in [1.82, 2.24) is 0 Å². The molecular formula is C31H28SiZr-4. The van der Waals surface area contributed by atoms with Crippen molar-refractivity contribution >= 4 is 39.2 Å². The van der Waals surface area contributed by atoms with E-state index in [0.29, 0.717) is 0 Å². The topological polar surface area (TPSA) is 0 Å². The molecule has 0 atom stereocenters. The summed E-state index contributed by atoms with van der Waals surface area (Å²) in [7, 11) is 0. The van der Waals surface area contributed by atoms with Crippen molar-refractivity contribution in [2.24, 2.45) is 0 Å². The molecule has 0 aliphatic heterocycles. The van der Waals surface area contributed by atoms with Crippen LogP contribution in [0.3, 0.4) is 0 Å². The molecule has 2 radical (unpaired) electrons. The maximum Gasteiger partial charge on any atom is -0.0771 e. The fraction of sp³-hybridized carbons (Fsp3) is 0.0323. The zero-order chi connectivity index (χ0) is 21.6. The molecule has 0 bridgehead atoms. The molecule has 0 aliphatic rings. The van der Waals surface area contributed by atoms with E-state index in [1.165, 1.54) is 72.3 Å². The molecule has 33 heavy (non-hydrogen) atoms. The van der Waals surface area contributed by atoms with E-state index in [9.17, 15) is 0 Å². The largest absolute Gasteiger partial charge is 0.126 e. The van der Waals surface area contributed by atoms with Crippen LogP contribution in [0.25, 0.3) is 43.4 Å². The van der Waals surface area contributed by atoms with Crippen LogP contribution in [-0.2, 0) is 23.3 Å². The summed E-state index contributed by atoms with van der Waals surface area (Å²) in [6.45, 7) is 5.21. The summed E-state index contributed by atoms with van der Waals surface area (Å²) < 4.78 is 0. The summed E-state index contributed by atoms with van der Waals surface area (Å²) in [6.07, 6.45) is 0. The van der Waals surface area contributed by atoms with Crippen LogP contribution >= 0.6 is 0 Å². The molecule has 0 spiro atoms. The number of rotatable bonds is 1. The first-order valence-corrected chi connectivity index (χ1v) is 14.5. The smallest absolute Gasteiger partial charge is 0.0771 e. The van der Waals surface area contributed by atoms with E-state index in [2.05, 4.69) is 129 Å². The maximum absolute atomic E-state index is 3.06. The van der Waals surface area contributed by atoms with E-state index in [-0.39, 0.29) is 14.9 Å². The average molecular weight is 520 g/mol. The monoisotopic (exact) mass is 518 g/mol. The summed E-state index contributed by atoms with van der Waals surface area (Å²) in [5, 5.41) is 8.08. The summed E-state index contributed by atoms with van der Waals surface area (Å²) in [4.78, 5) is 0. The van der Waals surface area contributed by atoms with Gasteiger partial charge in [-0.05, 0) is 5.56 Å². The molecule has 6 aromatic carbocycles. The van der Waals surface area contributed by atoms with E-state index in [4.69, 9.17) is 0 Å². The Morgan fingerprint density at radius 1 is 0.545 bits per heavy atom. The molecule has 164 valence electrons. The fourth-order valence-corrected chi connectivity index (χ4v) is 4.16. The van der Waals surface area contributed by atoms with Gasteiger partial charge in [0.15, 0.2) is 0 Å². The minimum absolute atomic E-state index is 0. The third-order valence-electron chi connectivity index (χ3n) is 5.50. The van der Waals surface area contributed by atoms with Gasteiger partial charge in [-0.15, -0.1) is 74.3 Å². The van der Waals surface area contributed by atoms with Crippen LogP contribution in [0.2, 0.25) is 0 Å².